The molecule has 0 spiro atoms. The van der Waals surface area contributed by atoms with E-state index in [-0.39, 0.29) is 6.42 Å². The summed E-state index contributed by atoms with van der Waals surface area (Å²) in [6, 6.07) is 0. The van der Waals surface area contributed by atoms with Crippen LogP contribution in [0.3, 0.4) is 0 Å². The zero-order chi connectivity index (χ0) is 11.4. The number of hydrogen-bond acceptors (Lipinski definition) is 5. The maximum Gasteiger partial charge on any atom is 0.307 e. The van der Waals surface area contributed by atoms with E-state index >= 15 is 0 Å². The first-order valence-electron chi connectivity index (χ1n) is 4.54. The van der Waals surface area contributed by atoms with Crippen LogP contribution in [0, 0.1) is 0 Å². The molecule has 0 bridgehead atoms. The molecule has 2 aromatic rings. The topological polar surface area (TPSA) is 88.9 Å². The van der Waals surface area contributed by atoms with Gasteiger partial charge in [0, 0.05) is 24.8 Å². The van der Waals surface area contributed by atoms with Crippen molar-refractivity contribution in [2.24, 2.45) is 0 Å². The normalized spacial score (nSPS) is 10.0. The molecule has 0 fully saturated rings. The van der Waals surface area contributed by atoms with Crippen LogP contribution in [0.25, 0.3) is 11.4 Å². The van der Waals surface area contributed by atoms with Crippen molar-refractivity contribution in [1.82, 2.24) is 19.9 Å². The number of aliphatic carboxylic acids is 1. The van der Waals surface area contributed by atoms with Gasteiger partial charge in [-0.15, -0.1) is 0 Å². The Morgan fingerprint density at radius 1 is 1.12 bits per heavy atom. The summed E-state index contributed by atoms with van der Waals surface area (Å²) in [6.07, 6.45) is 7.51. The Labute approximate surface area is 91.1 Å². The van der Waals surface area contributed by atoms with Gasteiger partial charge in [0.2, 0.25) is 0 Å². The standard InChI is InChI=1S/C10H8N4O2/c15-9(16)1-7-2-13-10(14-3-7)8-4-11-6-12-5-8/h2-6H,1H2,(H,15,16). The largest absolute Gasteiger partial charge is 0.481 e. The quantitative estimate of drug-likeness (QED) is 0.806. The molecule has 2 rings (SSSR count). The van der Waals surface area contributed by atoms with Gasteiger partial charge in [0.1, 0.15) is 6.33 Å². The van der Waals surface area contributed by atoms with Gasteiger partial charge in [-0.3, -0.25) is 4.79 Å². The highest BCUT2D eigenvalue weighted by atomic mass is 16.4. The molecule has 0 aliphatic heterocycles. The second kappa shape index (κ2) is 4.43. The van der Waals surface area contributed by atoms with Crippen LogP contribution in [0.2, 0.25) is 0 Å². The maximum atomic E-state index is 10.4. The van der Waals surface area contributed by atoms with Crippen LogP contribution in [0.4, 0.5) is 0 Å². The molecule has 0 aromatic carbocycles. The summed E-state index contributed by atoms with van der Waals surface area (Å²) in [5.74, 6) is -0.422. The number of rotatable bonds is 3. The Bertz CT molecular complexity index is 484. The molecule has 0 unspecified atom stereocenters. The lowest BCUT2D eigenvalue weighted by Crippen LogP contribution is -2.01. The molecule has 0 amide bonds. The van der Waals surface area contributed by atoms with E-state index in [0.29, 0.717) is 17.0 Å². The molecular formula is C10H8N4O2. The maximum absolute atomic E-state index is 10.4. The Morgan fingerprint density at radius 3 is 2.31 bits per heavy atom. The molecule has 0 atom stereocenters. The predicted octanol–water partition coefficient (Wildman–Crippen LogP) is 0.561. The number of carboxylic acids is 1. The first kappa shape index (κ1) is 10.2. The number of nitrogens with zero attached hydrogens (tertiary/aromatic N) is 4. The summed E-state index contributed by atoms with van der Waals surface area (Å²) in [5.41, 5.74) is 1.26. The highest BCUT2D eigenvalue weighted by Gasteiger charge is 2.04. The van der Waals surface area contributed by atoms with E-state index in [1.165, 1.54) is 18.7 Å². The van der Waals surface area contributed by atoms with Gasteiger partial charge < -0.3 is 5.11 Å². The average molecular weight is 216 g/mol. The average Bonchev–Trinajstić information content (AvgIpc) is 2.30. The van der Waals surface area contributed by atoms with Crippen LogP contribution in [0.5, 0.6) is 0 Å². The smallest absolute Gasteiger partial charge is 0.307 e. The van der Waals surface area contributed by atoms with E-state index in [1.807, 2.05) is 0 Å². The van der Waals surface area contributed by atoms with Crippen molar-refractivity contribution in [3.8, 4) is 11.4 Å². The zero-order valence-corrected chi connectivity index (χ0v) is 8.24. The number of carbonyl (C=O) groups is 1. The van der Waals surface area contributed by atoms with Crippen LogP contribution < -0.4 is 0 Å². The SMILES string of the molecule is O=C(O)Cc1cnc(-c2cncnc2)nc1. The van der Waals surface area contributed by atoms with Gasteiger partial charge in [0.05, 0.1) is 12.0 Å². The van der Waals surface area contributed by atoms with Crippen molar-refractivity contribution in [3.05, 3.63) is 36.7 Å². The highest BCUT2D eigenvalue weighted by molar-refractivity contribution is 5.70. The molecular weight excluding hydrogens is 208 g/mol. The molecule has 6 heteroatoms. The molecule has 6 nitrogen and oxygen atoms in total. The Hall–Kier alpha value is -2.37. The number of carboxylic acid groups (broad SMARTS) is 1. The van der Waals surface area contributed by atoms with Crippen molar-refractivity contribution in [2.75, 3.05) is 0 Å². The zero-order valence-electron chi connectivity index (χ0n) is 8.24. The van der Waals surface area contributed by atoms with Gasteiger partial charge in [-0.2, -0.15) is 0 Å². The van der Waals surface area contributed by atoms with Crippen LogP contribution >= 0.6 is 0 Å². The van der Waals surface area contributed by atoms with Gasteiger partial charge in [0.15, 0.2) is 5.82 Å². The lowest BCUT2D eigenvalue weighted by Gasteiger charge is -1.99. The van der Waals surface area contributed by atoms with E-state index in [1.54, 1.807) is 12.4 Å². The van der Waals surface area contributed by atoms with Crippen LogP contribution in [-0.2, 0) is 11.2 Å². The van der Waals surface area contributed by atoms with Gasteiger partial charge in [-0.25, -0.2) is 19.9 Å². The predicted molar refractivity (Wildman–Crippen MR) is 54.4 cm³/mol. The Balaban J connectivity index is 2.23. The highest BCUT2D eigenvalue weighted by Crippen LogP contribution is 2.10. The molecule has 0 saturated carbocycles. The van der Waals surface area contributed by atoms with Crippen LogP contribution in [0.15, 0.2) is 31.1 Å². The van der Waals surface area contributed by atoms with Crippen molar-refractivity contribution in [3.63, 3.8) is 0 Å². The third-order valence-electron chi connectivity index (χ3n) is 1.88. The molecule has 2 heterocycles. The second-order valence-corrected chi connectivity index (χ2v) is 3.11. The van der Waals surface area contributed by atoms with E-state index in [2.05, 4.69) is 19.9 Å². The van der Waals surface area contributed by atoms with E-state index in [4.69, 9.17) is 5.11 Å². The lowest BCUT2D eigenvalue weighted by atomic mass is 10.2. The molecule has 0 aliphatic carbocycles. The third-order valence-corrected chi connectivity index (χ3v) is 1.88. The molecule has 0 aliphatic rings. The minimum absolute atomic E-state index is 0.0778. The Morgan fingerprint density at radius 2 is 1.75 bits per heavy atom. The fourth-order valence-electron chi connectivity index (χ4n) is 1.18. The molecule has 80 valence electrons. The summed E-state index contributed by atoms with van der Waals surface area (Å²) in [6.45, 7) is 0. The first-order chi connectivity index (χ1) is 7.75. The lowest BCUT2D eigenvalue weighted by molar-refractivity contribution is -0.136. The minimum atomic E-state index is -0.903. The van der Waals surface area contributed by atoms with Crippen molar-refractivity contribution in [1.29, 1.82) is 0 Å². The first-order valence-corrected chi connectivity index (χ1v) is 4.54. The summed E-state index contributed by atoms with van der Waals surface area (Å²) in [7, 11) is 0. The summed E-state index contributed by atoms with van der Waals surface area (Å²) in [4.78, 5) is 26.2. The van der Waals surface area contributed by atoms with Gasteiger partial charge in [0.25, 0.3) is 0 Å². The van der Waals surface area contributed by atoms with Crippen molar-refractivity contribution < 1.29 is 9.90 Å². The molecule has 1 N–H and O–H groups in total. The molecule has 0 saturated heterocycles. The fourth-order valence-corrected chi connectivity index (χ4v) is 1.18. The summed E-state index contributed by atoms with van der Waals surface area (Å²) < 4.78 is 0. The van der Waals surface area contributed by atoms with E-state index in [9.17, 15) is 4.79 Å². The van der Waals surface area contributed by atoms with Crippen LogP contribution in [0.1, 0.15) is 5.56 Å². The monoisotopic (exact) mass is 216 g/mol. The van der Waals surface area contributed by atoms with Crippen LogP contribution in [-0.4, -0.2) is 31.0 Å². The van der Waals surface area contributed by atoms with E-state index in [0.717, 1.165) is 0 Å². The summed E-state index contributed by atoms with van der Waals surface area (Å²) >= 11 is 0. The van der Waals surface area contributed by atoms with Gasteiger partial charge in [-0.1, -0.05) is 0 Å². The molecule has 16 heavy (non-hydrogen) atoms. The number of aromatic nitrogens is 4. The minimum Gasteiger partial charge on any atom is -0.481 e. The number of hydrogen-bond donors (Lipinski definition) is 1. The Kier molecular flexibility index (Phi) is 2.81. The molecule has 2 aromatic heterocycles. The van der Waals surface area contributed by atoms with Crippen molar-refractivity contribution in [2.45, 2.75) is 6.42 Å². The van der Waals surface area contributed by atoms with Gasteiger partial charge >= 0.3 is 5.97 Å². The third kappa shape index (κ3) is 2.35. The fraction of sp³-hybridized carbons (Fsp3) is 0.100. The van der Waals surface area contributed by atoms with E-state index < -0.39 is 5.97 Å². The summed E-state index contributed by atoms with van der Waals surface area (Å²) in [5, 5.41) is 8.58. The molecule has 0 radical (unpaired) electrons. The van der Waals surface area contributed by atoms with Crippen molar-refractivity contribution >= 4 is 5.97 Å². The second-order valence-electron chi connectivity index (χ2n) is 3.11. The van der Waals surface area contributed by atoms with Gasteiger partial charge in [-0.05, 0) is 5.56 Å².